The fraction of sp³-hybridized carbons (Fsp3) is 0.467. The first-order chi connectivity index (χ1) is 9.92. The van der Waals surface area contributed by atoms with Gasteiger partial charge in [0.05, 0.1) is 12.0 Å². The van der Waals surface area contributed by atoms with Crippen LogP contribution in [-0.2, 0) is 4.79 Å². The lowest BCUT2D eigenvalue weighted by molar-refractivity contribution is -0.140. The number of carbonyl (C=O) groups is 2. The van der Waals surface area contributed by atoms with Crippen molar-refractivity contribution in [2.45, 2.75) is 33.3 Å². The van der Waals surface area contributed by atoms with Crippen LogP contribution >= 0.6 is 0 Å². The number of rotatable bonds is 7. The van der Waals surface area contributed by atoms with E-state index in [2.05, 4.69) is 10.6 Å². The van der Waals surface area contributed by atoms with Crippen molar-refractivity contribution < 1.29 is 19.4 Å². The minimum Gasteiger partial charge on any atom is -0.491 e. The van der Waals surface area contributed by atoms with Crippen molar-refractivity contribution in [1.82, 2.24) is 5.32 Å². The van der Waals surface area contributed by atoms with Gasteiger partial charge in [0.15, 0.2) is 0 Å². The molecule has 0 fully saturated rings. The van der Waals surface area contributed by atoms with Crippen LogP contribution in [0.5, 0.6) is 5.75 Å². The molecule has 2 amide bonds. The van der Waals surface area contributed by atoms with Crippen LogP contribution in [0.3, 0.4) is 0 Å². The average Bonchev–Trinajstić information content (AvgIpc) is 2.44. The summed E-state index contributed by atoms with van der Waals surface area (Å²) >= 11 is 0. The zero-order valence-corrected chi connectivity index (χ0v) is 12.6. The number of ether oxygens (including phenoxy) is 1. The summed E-state index contributed by atoms with van der Waals surface area (Å²) in [5.41, 5.74) is 0.594. The van der Waals surface area contributed by atoms with Gasteiger partial charge < -0.3 is 20.5 Å². The van der Waals surface area contributed by atoms with Crippen molar-refractivity contribution in [3.8, 4) is 5.75 Å². The highest BCUT2D eigenvalue weighted by Gasteiger charge is 2.12. The maximum absolute atomic E-state index is 11.7. The van der Waals surface area contributed by atoms with Crippen LogP contribution < -0.4 is 15.4 Å². The van der Waals surface area contributed by atoms with E-state index in [-0.39, 0.29) is 12.6 Å². The van der Waals surface area contributed by atoms with Crippen LogP contribution in [-0.4, -0.2) is 29.8 Å². The Hall–Kier alpha value is -2.24. The van der Waals surface area contributed by atoms with Crippen molar-refractivity contribution >= 4 is 17.7 Å². The Morgan fingerprint density at radius 3 is 2.67 bits per heavy atom. The Labute approximate surface area is 124 Å². The molecule has 0 bridgehead atoms. The highest BCUT2D eigenvalue weighted by atomic mass is 16.5. The molecule has 116 valence electrons. The second-order valence-corrected chi connectivity index (χ2v) is 4.94. The summed E-state index contributed by atoms with van der Waals surface area (Å²) in [5, 5.41) is 13.9. The van der Waals surface area contributed by atoms with E-state index in [0.717, 1.165) is 6.42 Å². The van der Waals surface area contributed by atoms with Gasteiger partial charge in [0.2, 0.25) is 0 Å². The third-order valence-electron chi connectivity index (χ3n) is 2.99. The van der Waals surface area contributed by atoms with E-state index in [4.69, 9.17) is 9.84 Å². The fourth-order valence-electron chi connectivity index (χ4n) is 1.47. The second kappa shape index (κ2) is 8.14. The summed E-state index contributed by atoms with van der Waals surface area (Å²) in [7, 11) is 0. The number of benzene rings is 1. The van der Waals surface area contributed by atoms with Gasteiger partial charge in [0.1, 0.15) is 5.75 Å². The van der Waals surface area contributed by atoms with E-state index < -0.39 is 17.9 Å². The monoisotopic (exact) mass is 294 g/mol. The highest BCUT2D eigenvalue weighted by molar-refractivity contribution is 5.89. The van der Waals surface area contributed by atoms with E-state index >= 15 is 0 Å². The Bertz CT molecular complexity index is 490. The van der Waals surface area contributed by atoms with Crippen molar-refractivity contribution in [3.63, 3.8) is 0 Å². The zero-order chi connectivity index (χ0) is 15.8. The van der Waals surface area contributed by atoms with E-state index in [1.54, 1.807) is 18.2 Å². The summed E-state index contributed by atoms with van der Waals surface area (Å²) in [6, 6.07) is 6.63. The number of urea groups is 1. The van der Waals surface area contributed by atoms with Crippen LogP contribution in [0.4, 0.5) is 10.5 Å². The molecule has 0 spiro atoms. The number of carboxylic acids is 1. The molecule has 2 unspecified atom stereocenters. The normalized spacial score (nSPS) is 13.1. The Kier molecular flexibility index (Phi) is 6.52. The van der Waals surface area contributed by atoms with Crippen molar-refractivity contribution in [2.75, 3.05) is 11.9 Å². The number of anilines is 1. The number of carbonyl (C=O) groups excluding carboxylic acids is 1. The standard InChI is InChI=1S/C15H22N2O4/c1-4-11(3)21-13-7-5-6-12(8-13)17-15(20)16-9-10(2)14(18)19/h5-8,10-11H,4,9H2,1-3H3,(H,18,19)(H2,16,17,20). The molecule has 1 rings (SSSR count). The van der Waals surface area contributed by atoms with Gasteiger partial charge in [-0.3, -0.25) is 4.79 Å². The molecular formula is C15H22N2O4. The fourth-order valence-corrected chi connectivity index (χ4v) is 1.47. The van der Waals surface area contributed by atoms with Gasteiger partial charge in [0.25, 0.3) is 0 Å². The first kappa shape index (κ1) is 16.8. The molecule has 0 aliphatic rings. The molecule has 0 aliphatic carbocycles. The molecule has 21 heavy (non-hydrogen) atoms. The first-order valence-electron chi connectivity index (χ1n) is 6.96. The topological polar surface area (TPSA) is 87.7 Å². The molecule has 0 aromatic heterocycles. The van der Waals surface area contributed by atoms with Gasteiger partial charge in [-0.05, 0) is 25.5 Å². The molecule has 2 atom stereocenters. The third-order valence-corrected chi connectivity index (χ3v) is 2.99. The number of nitrogens with one attached hydrogen (secondary N) is 2. The predicted molar refractivity (Wildman–Crippen MR) is 80.6 cm³/mol. The predicted octanol–water partition coefficient (Wildman–Crippen LogP) is 2.71. The van der Waals surface area contributed by atoms with Gasteiger partial charge in [-0.2, -0.15) is 0 Å². The molecular weight excluding hydrogens is 272 g/mol. The van der Waals surface area contributed by atoms with Crippen molar-refractivity contribution in [2.24, 2.45) is 5.92 Å². The average molecular weight is 294 g/mol. The first-order valence-corrected chi connectivity index (χ1v) is 6.96. The van der Waals surface area contributed by atoms with Crippen LogP contribution in [0.15, 0.2) is 24.3 Å². The Morgan fingerprint density at radius 2 is 2.05 bits per heavy atom. The van der Waals surface area contributed by atoms with Gasteiger partial charge in [-0.25, -0.2) is 4.79 Å². The molecule has 0 aliphatic heterocycles. The molecule has 6 heteroatoms. The summed E-state index contributed by atoms with van der Waals surface area (Å²) in [4.78, 5) is 22.3. The SMILES string of the molecule is CCC(C)Oc1cccc(NC(=O)NCC(C)C(=O)O)c1. The lowest BCUT2D eigenvalue weighted by Crippen LogP contribution is -2.34. The lowest BCUT2D eigenvalue weighted by Gasteiger charge is -2.14. The van der Waals surface area contributed by atoms with Crippen LogP contribution in [0.2, 0.25) is 0 Å². The molecule has 1 aromatic rings. The molecule has 6 nitrogen and oxygen atoms in total. The molecule has 0 radical (unpaired) electrons. The Balaban J connectivity index is 2.52. The van der Waals surface area contributed by atoms with E-state index in [1.165, 1.54) is 6.92 Å². The van der Waals surface area contributed by atoms with Gasteiger partial charge >= 0.3 is 12.0 Å². The number of carboxylic acid groups (broad SMARTS) is 1. The maximum atomic E-state index is 11.7. The molecule has 1 aromatic carbocycles. The molecule has 0 saturated heterocycles. The number of hydrogen-bond acceptors (Lipinski definition) is 3. The molecule has 0 saturated carbocycles. The smallest absolute Gasteiger partial charge is 0.319 e. The minimum absolute atomic E-state index is 0.0736. The largest absolute Gasteiger partial charge is 0.491 e. The molecule has 3 N–H and O–H groups in total. The maximum Gasteiger partial charge on any atom is 0.319 e. The van der Waals surface area contributed by atoms with Crippen molar-refractivity contribution in [3.05, 3.63) is 24.3 Å². The van der Waals surface area contributed by atoms with Gasteiger partial charge in [-0.1, -0.05) is 19.9 Å². The quantitative estimate of drug-likeness (QED) is 0.721. The zero-order valence-electron chi connectivity index (χ0n) is 12.6. The number of aliphatic carboxylic acids is 1. The minimum atomic E-state index is -0.945. The lowest BCUT2D eigenvalue weighted by atomic mass is 10.2. The van der Waals surface area contributed by atoms with E-state index in [9.17, 15) is 9.59 Å². The number of amides is 2. The van der Waals surface area contributed by atoms with E-state index in [1.807, 2.05) is 19.9 Å². The van der Waals surface area contributed by atoms with Crippen LogP contribution in [0, 0.1) is 5.92 Å². The molecule has 0 heterocycles. The van der Waals surface area contributed by atoms with Crippen LogP contribution in [0.1, 0.15) is 27.2 Å². The third kappa shape index (κ3) is 6.16. The van der Waals surface area contributed by atoms with Gasteiger partial charge in [0, 0.05) is 18.3 Å². The summed E-state index contributed by atoms with van der Waals surface area (Å²) in [6.07, 6.45) is 0.996. The Morgan fingerprint density at radius 1 is 1.33 bits per heavy atom. The highest BCUT2D eigenvalue weighted by Crippen LogP contribution is 2.19. The summed E-state index contributed by atoms with van der Waals surface area (Å²) < 4.78 is 5.67. The summed E-state index contributed by atoms with van der Waals surface area (Å²) in [5.74, 6) is -0.892. The second-order valence-electron chi connectivity index (χ2n) is 4.94. The van der Waals surface area contributed by atoms with Crippen LogP contribution in [0.25, 0.3) is 0 Å². The number of hydrogen-bond donors (Lipinski definition) is 3. The van der Waals surface area contributed by atoms with E-state index in [0.29, 0.717) is 11.4 Å². The van der Waals surface area contributed by atoms with Gasteiger partial charge in [-0.15, -0.1) is 0 Å². The summed E-state index contributed by atoms with van der Waals surface area (Å²) in [6.45, 7) is 5.61. The van der Waals surface area contributed by atoms with Crippen molar-refractivity contribution in [1.29, 1.82) is 0 Å².